The summed E-state index contributed by atoms with van der Waals surface area (Å²) in [4.78, 5) is 15.9. The molecule has 1 aromatic rings. The van der Waals surface area contributed by atoms with Gasteiger partial charge in [-0.1, -0.05) is 0 Å². The fourth-order valence-corrected chi connectivity index (χ4v) is 1.72. The van der Waals surface area contributed by atoms with Crippen molar-refractivity contribution in [1.82, 2.24) is 4.98 Å². The number of pyridine rings is 1. The van der Waals surface area contributed by atoms with Gasteiger partial charge in [0.05, 0.1) is 5.69 Å². The van der Waals surface area contributed by atoms with Gasteiger partial charge < -0.3 is 10.6 Å². The number of aryl methyl sites for hydroxylation is 1. The van der Waals surface area contributed by atoms with Crippen molar-refractivity contribution in [3.8, 4) is 0 Å². The van der Waals surface area contributed by atoms with Crippen LogP contribution in [0.15, 0.2) is 12.3 Å². The second-order valence-electron chi connectivity index (χ2n) is 4.64. The van der Waals surface area contributed by atoms with E-state index in [1.807, 2.05) is 26.8 Å². The molecule has 4 heteroatoms. The summed E-state index contributed by atoms with van der Waals surface area (Å²) < 4.78 is 0. The number of hydrogen-bond acceptors (Lipinski definition) is 3. The summed E-state index contributed by atoms with van der Waals surface area (Å²) in [6.45, 7) is 5.93. The largest absolute Gasteiger partial charge is 0.363 e. The maximum atomic E-state index is 11.6. The van der Waals surface area contributed by atoms with Crippen molar-refractivity contribution in [2.75, 3.05) is 10.6 Å². The van der Waals surface area contributed by atoms with Gasteiger partial charge in [-0.2, -0.15) is 0 Å². The van der Waals surface area contributed by atoms with E-state index in [2.05, 4.69) is 15.6 Å². The quantitative estimate of drug-likeness (QED) is 0.680. The van der Waals surface area contributed by atoms with Crippen LogP contribution in [0.25, 0.3) is 0 Å². The third-order valence-electron chi connectivity index (χ3n) is 2.36. The highest BCUT2D eigenvalue weighted by Gasteiger charge is 2.27. The molecular weight excluding hydrogens is 190 g/mol. The fourth-order valence-electron chi connectivity index (χ4n) is 1.72. The van der Waals surface area contributed by atoms with Crippen molar-refractivity contribution >= 4 is 17.4 Å². The van der Waals surface area contributed by atoms with Crippen LogP contribution in [0.3, 0.4) is 0 Å². The summed E-state index contributed by atoms with van der Waals surface area (Å²) >= 11 is 0. The lowest BCUT2D eigenvalue weighted by atomic mass is 10.0. The Morgan fingerprint density at radius 3 is 2.93 bits per heavy atom. The van der Waals surface area contributed by atoms with E-state index in [9.17, 15) is 4.79 Å². The molecule has 2 heterocycles. The molecule has 0 bridgehead atoms. The first kappa shape index (κ1) is 9.96. The number of rotatable bonds is 0. The van der Waals surface area contributed by atoms with Gasteiger partial charge in [0.15, 0.2) is 0 Å². The summed E-state index contributed by atoms with van der Waals surface area (Å²) in [7, 11) is 0. The zero-order chi connectivity index (χ0) is 11.1. The van der Waals surface area contributed by atoms with Crippen molar-refractivity contribution < 1.29 is 4.79 Å². The number of fused-ring (bicyclic) bond motifs is 1. The fraction of sp³-hybridized carbons (Fsp3) is 0.455. The van der Waals surface area contributed by atoms with Gasteiger partial charge in [-0.05, 0) is 32.4 Å². The first-order valence-electron chi connectivity index (χ1n) is 5.01. The van der Waals surface area contributed by atoms with Crippen LogP contribution in [-0.2, 0) is 4.79 Å². The first-order chi connectivity index (χ1) is 6.96. The third-order valence-corrected chi connectivity index (χ3v) is 2.36. The number of amides is 1. The molecule has 0 radical (unpaired) electrons. The van der Waals surface area contributed by atoms with Gasteiger partial charge in [0.25, 0.3) is 0 Å². The Hall–Kier alpha value is -1.58. The van der Waals surface area contributed by atoms with E-state index in [1.54, 1.807) is 6.20 Å². The lowest BCUT2D eigenvalue weighted by molar-refractivity contribution is -0.116. The highest BCUT2D eigenvalue weighted by atomic mass is 16.1. The molecule has 1 amide bonds. The van der Waals surface area contributed by atoms with Crippen LogP contribution in [0, 0.1) is 6.92 Å². The molecule has 1 aliphatic heterocycles. The molecule has 0 atom stereocenters. The first-order valence-corrected chi connectivity index (χ1v) is 5.01. The van der Waals surface area contributed by atoms with Crippen LogP contribution in [0.2, 0.25) is 0 Å². The molecule has 0 saturated heterocycles. The molecule has 2 rings (SSSR count). The van der Waals surface area contributed by atoms with Gasteiger partial charge in [0, 0.05) is 18.2 Å². The average Bonchev–Trinajstić information content (AvgIpc) is 2.18. The van der Waals surface area contributed by atoms with Crippen molar-refractivity contribution in [1.29, 1.82) is 0 Å². The Morgan fingerprint density at radius 1 is 1.47 bits per heavy atom. The van der Waals surface area contributed by atoms with E-state index in [0.29, 0.717) is 6.42 Å². The molecule has 15 heavy (non-hydrogen) atoms. The molecule has 0 aromatic carbocycles. The minimum absolute atomic E-state index is 0.0265. The highest BCUT2D eigenvalue weighted by Crippen LogP contribution is 2.28. The van der Waals surface area contributed by atoms with Gasteiger partial charge in [0.1, 0.15) is 5.82 Å². The van der Waals surface area contributed by atoms with E-state index in [1.165, 1.54) is 0 Å². The molecule has 0 fully saturated rings. The Balaban J connectivity index is 2.45. The molecule has 0 saturated carbocycles. The Labute approximate surface area is 89.1 Å². The predicted molar refractivity (Wildman–Crippen MR) is 59.9 cm³/mol. The monoisotopic (exact) mass is 205 g/mol. The Bertz CT molecular complexity index is 412. The van der Waals surface area contributed by atoms with Gasteiger partial charge in [-0.3, -0.25) is 4.79 Å². The summed E-state index contributed by atoms with van der Waals surface area (Å²) in [5.74, 6) is 0.773. The summed E-state index contributed by atoms with van der Waals surface area (Å²) in [6, 6.07) is 1.93. The maximum absolute atomic E-state index is 11.6. The minimum Gasteiger partial charge on any atom is -0.363 e. The molecule has 0 spiro atoms. The lowest BCUT2D eigenvalue weighted by Gasteiger charge is -2.23. The van der Waals surface area contributed by atoms with Gasteiger partial charge in [0.2, 0.25) is 5.91 Å². The van der Waals surface area contributed by atoms with Crippen molar-refractivity contribution in [3.63, 3.8) is 0 Å². The number of carbonyl (C=O) groups is 1. The number of anilines is 2. The topological polar surface area (TPSA) is 54.0 Å². The normalized spacial score (nSPS) is 18.5. The zero-order valence-corrected chi connectivity index (χ0v) is 9.22. The lowest BCUT2D eigenvalue weighted by Crippen LogP contribution is -2.33. The molecule has 80 valence electrons. The van der Waals surface area contributed by atoms with Crippen molar-refractivity contribution in [2.24, 2.45) is 0 Å². The third kappa shape index (κ3) is 2.09. The standard InChI is InChI=1S/C11H15N3O/c1-7-4-8-10(12-6-7)14-11(2,3)5-9(15)13-8/h4,6H,5H2,1-3H3,(H,12,14)(H,13,15). The predicted octanol–water partition coefficient (Wildman–Crippen LogP) is 1.92. The van der Waals surface area contributed by atoms with Gasteiger partial charge in [-0.15, -0.1) is 0 Å². The average molecular weight is 205 g/mol. The van der Waals surface area contributed by atoms with E-state index in [0.717, 1.165) is 17.1 Å². The Kier molecular flexibility index (Phi) is 2.14. The minimum atomic E-state index is -0.252. The summed E-state index contributed by atoms with van der Waals surface area (Å²) in [5, 5.41) is 6.12. The summed E-state index contributed by atoms with van der Waals surface area (Å²) in [6.07, 6.45) is 2.24. The highest BCUT2D eigenvalue weighted by molar-refractivity contribution is 5.96. The smallest absolute Gasteiger partial charge is 0.226 e. The van der Waals surface area contributed by atoms with E-state index in [4.69, 9.17) is 0 Å². The van der Waals surface area contributed by atoms with Crippen LogP contribution in [0.5, 0.6) is 0 Å². The van der Waals surface area contributed by atoms with Crippen LogP contribution in [0.4, 0.5) is 11.5 Å². The summed E-state index contributed by atoms with van der Waals surface area (Å²) in [5.41, 5.74) is 1.55. The molecular formula is C11H15N3O. The molecule has 1 aliphatic rings. The SMILES string of the molecule is Cc1cnc2c(c1)NC(=O)CC(C)(C)N2. The van der Waals surface area contributed by atoms with E-state index < -0.39 is 0 Å². The second-order valence-corrected chi connectivity index (χ2v) is 4.64. The van der Waals surface area contributed by atoms with E-state index in [-0.39, 0.29) is 11.4 Å². The van der Waals surface area contributed by atoms with Crippen LogP contribution in [-0.4, -0.2) is 16.4 Å². The Morgan fingerprint density at radius 2 is 2.20 bits per heavy atom. The maximum Gasteiger partial charge on any atom is 0.226 e. The van der Waals surface area contributed by atoms with Crippen LogP contribution in [0.1, 0.15) is 25.8 Å². The molecule has 0 unspecified atom stereocenters. The van der Waals surface area contributed by atoms with E-state index >= 15 is 0 Å². The van der Waals surface area contributed by atoms with Crippen LogP contribution >= 0.6 is 0 Å². The molecule has 4 nitrogen and oxygen atoms in total. The number of hydrogen-bond donors (Lipinski definition) is 2. The molecule has 0 aliphatic carbocycles. The van der Waals surface area contributed by atoms with Crippen molar-refractivity contribution in [2.45, 2.75) is 32.7 Å². The van der Waals surface area contributed by atoms with Gasteiger partial charge >= 0.3 is 0 Å². The van der Waals surface area contributed by atoms with Crippen molar-refractivity contribution in [3.05, 3.63) is 17.8 Å². The molecule has 1 aromatic heterocycles. The zero-order valence-electron chi connectivity index (χ0n) is 9.22. The number of nitrogens with one attached hydrogen (secondary N) is 2. The number of carbonyl (C=O) groups excluding carboxylic acids is 1. The van der Waals surface area contributed by atoms with Gasteiger partial charge in [-0.25, -0.2) is 4.98 Å². The molecule has 2 N–H and O–H groups in total. The number of aromatic nitrogens is 1. The number of nitrogens with zero attached hydrogens (tertiary/aromatic N) is 1. The second kappa shape index (κ2) is 3.22. The van der Waals surface area contributed by atoms with Crippen LogP contribution < -0.4 is 10.6 Å².